The topological polar surface area (TPSA) is 59.6 Å². The lowest BCUT2D eigenvalue weighted by Gasteiger charge is -2.14. The molecule has 0 saturated carbocycles. The van der Waals surface area contributed by atoms with Crippen LogP contribution >= 0.6 is 0 Å². The smallest absolute Gasteiger partial charge is 0.239 e. The number of para-hydroxylation sites is 2. The largest absolute Gasteiger partial charge is 0.497 e. The van der Waals surface area contributed by atoms with Gasteiger partial charge in [0.15, 0.2) is 0 Å². The van der Waals surface area contributed by atoms with Gasteiger partial charge in [-0.3, -0.25) is 4.79 Å². The standard InChI is InChI=1S/C20H26N2O3/c1-15(2)14-25-19-7-5-4-6-18(19)21-13-20(23)22-12-16-8-10-17(24-3)11-9-16/h4-11,15,21H,12-14H2,1-3H3,(H,22,23). The Kier molecular flexibility index (Phi) is 7.14. The third kappa shape index (κ3) is 6.37. The summed E-state index contributed by atoms with van der Waals surface area (Å²) in [4.78, 5) is 12.1. The summed E-state index contributed by atoms with van der Waals surface area (Å²) in [5.41, 5.74) is 1.84. The minimum Gasteiger partial charge on any atom is -0.497 e. The van der Waals surface area contributed by atoms with Gasteiger partial charge in [-0.25, -0.2) is 0 Å². The van der Waals surface area contributed by atoms with Gasteiger partial charge in [0, 0.05) is 6.54 Å². The molecule has 5 nitrogen and oxygen atoms in total. The monoisotopic (exact) mass is 342 g/mol. The number of methoxy groups -OCH3 is 1. The molecule has 0 atom stereocenters. The van der Waals surface area contributed by atoms with Crippen LogP contribution in [0.4, 0.5) is 5.69 Å². The van der Waals surface area contributed by atoms with Crippen LogP contribution in [0.15, 0.2) is 48.5 Å². The van der Waals surface area contributed by atoms with Crippen LogP contribution in [0, 0.1) is 5.92 Å². The maximum absolute atomic E-state index is 12.1. The first-order chi connectivity index (χ1) is 12.1. The zero-order valence-corrected chi connectivity index (χ0v) is 15.0. The minimum absolute atomic E-state index is 0.0746. The van der Waals surface area contributed by atoms with E-state index in [1.807, 2.05) is 48.5 Å². The van der Waals surface area contributed by atoms with Crippen LogP contribution in [0.3, 0.4) is 0 Å². The molecule has 0 aliphatic heterocycles. The van der Waals surface area contributed by atoms with Crippen LogP contribution < -0.4 is 20.1 Å². The molecule has 0 heterocycles. The molecule has 1 amide bonds. The maximum Gasteiger partial charge on any atom is 0.239 e. The van der Waals surface area contributed by atoms with Crippen molar-refractivity contribution in [1.29, 1.82) is 0 Å². The highest BCUT2D eigenvalue weighted by Crippen LogP contribution is 2.23. The lowest BCUT2D eigenvalue weighted by atomic mass is 10.2. The summed E-state index contributed by atoms with van der Waals surface area (Å²) < 4.78 is 10.9. The molecule has 0 bridgehead atoms. The van der Waals surface area contributed by atoms with Crippen LogP contribution in [0.25, 0.3) is 0 Å². The highest BCUT2D eigenvalue weighted by atomic mass is 16.5. The molecule has 0 aliphatic carbocycles. The molecular weight excluding hydrogens is 316 g/mol. The Balaban J connectivity index is 1.81. The van der Waals surface area contributed by atoms with Crippen LogP contribution in [0.5, 0.6) is 11.5 Å². The third-order valence-electron chi connectivity index (χ3n) is 3.55. The first-order valence-electron chi connectivity index (χ1n) is 8.44. The number of benzene rings is 2. The van der Waals surface area contributed by atoms with Gasteiger partial charge in [-0.2, -0.15) is 0 Å². The molecule has 0 saturated heterocycles. The maximum atomic E-state index is 12.1. The highest BCUT2D eigenvalue weighted by Gasteiger charge is 2.06. The molecule has 0 radical (unpaired) electrons. The van der Waals surface area contributed by atoms with Gasteiger partial charge >= 0.3 is 0 Å². The summed E-state index contributed by atoms with van der Waals surface area (Å²) in [5.74, 6) is 1.93. The molecule has 0 aromatic heterocycles. The van der Waals surface area contributed by atoms with E-state index in [-0.39, 0.29) is 12.5 Å². The average molecular weight is 342 g/mol. The Morgan fingerprint density at radius 3 is 2.48 bits per heavy atom. The number of rotatable bonds is 9. The van der Waals surface area contributed by atoms with Crippen LogP contribution in [0.1, 0.15) is 19.4 Å². The fraction of sp³-hybridized carbons (Fsp3) is 0.350. The Morgan fingerprint density at radius 2 is 1.80 bits per heavy atom. The van der Waals surface area contributed by atoms with E-state index in [1.165, 1.54) is 0 Å². The van der Waals surface area contributed by atoms with Gasteiger partial charge in [-0.15, -0.1) is 0 Å². The van der Waals surface area contributed by atoms with Crippen molar-refractivity contribution in [2.24, 2.45) is 5.92 Å². The molecular formula is C20H26N2O3. The van der Waals surface area contributed by atoms with E-state index in [2.05, 4.69) is 24.5 Å². The molecule has 2 aromatic carbocycles. The molecule has 0 aliphatic rings. The lowest BCUT2D eigenvalue weighted by molar-refractivity contribution is -0.119. The number of carbonyl (C=O) groups is 1. The predicted octanol–water partition coefficient (Wildman–Crippen LogP) is 3.46. The average Bonchev–Trinajstić information content (AvgIpc) is 2.64. The van der Waals surface area contributed by atoms with Crippen molar-refractivity contribution in [3.8, 4) is 11.5 Å². The van der Waals surface area contributed by atoms with Gasteiger partial charge in [0.25, 0.3) is 0 Å². The second-order valence-electron chi connectivity index (χ2n) is 6.18. The van der Waals surface area contributed by atoms with E-state index in [9.17, 15) is 4.79 Å². The van der Waals surface area contributed by atoms with E-state index < -0.39 is 0 Å². The number of hydrogen-bond donors (Lipinski definition) is 2. The quantitative estimate of drug-likeness (QED) is 0.733. The van der Waals surface area contributed by atoms with E-state index in [0.29, 0.717) is 19.1 Å². The molecule has 2 N–H and O–H groups in total. The van der Waals surface area contributed by atoms with Crippen LogP contribution in [0.2, 0.25) is 0 Å². The third-order valence-corrected chi connectivity index (χ3v) is 3.55. The zero-order chi connectivity index (χ0) is 18.1. The normalized spacial score (nSPS) is 10.4. The highest BCUT2D eigenvalue weighted by molar-refractivity contribution is 5.81. The molecule has 2 aromatic rings. The van der Waals surface area contributed by atoms with Crippen molar-refractivity contribution in [2.75, 3.05) is 25.6 Å². The van der Waals surface area contributed by atoms with Gasteiger partial charge in [-0.05, 0) is 35.7 Å². The van der Waals surface area contributed by atoms with E-state index >= 15 is 0 Å². The molecule has 134 valence electrons. The van der Waals surface area contributed by atoms with Gasteiger partial charge in [0.05, 0.1) is 25.9 Å². The first kappa shape index (κ1) is 18.6. The molecule has 2 rings (SSSR count). The summed E-state index contributed by atoms with van der Waals surface area (Å²) in [7, 11) is 1.63. The van der Waals surface area contributed by atoms with Crippen molar-refractivity contribution in [3.63, 3.8) is 0 Å². The zero-order valence-electron chi connectivity index (χ0n) is 15.0. The van der Waals surface area contributed by atoms with Crippen LogP contribution in [-0.2, 0) is 11.3 Å². The van der Waals surface area contributed by atoms with Crippen molar-refractivity contribution in [3.05, 3.63) is 54.1 Å². The fourth-order valence-corrected chi connectivity index (χ4v) is 2.18. The SMILES string of the molecule is COc1ccc(CNC(=O)CNc2ccccc2OCC(C)C)cc1. The Bertz CT molecular complexity index is 669. The molecule has 25 heavy (non-hydrogen) atoms. The Labute approximate surface area is 149 Å². The second-order valence-corrected chi connectivity index (χ2v) is 6.18. The lowest BCUT2D eigenvalue weighted by Crippen LogP contribution is -2.29. The van der Waals surface area contributed by atoms with Crippen molar-refractivity contribution in [2.45, 2.75) is 20.4 Å². The summed E-state index contributed by atoms with van der Waals surface area (Å²) >= 11 is 0. The summed E-state index contributed by atoms with van der Waals surface area (Å²) in [6, 6.07) is 15.3. The van der Waals surface area contributed by atoms with Gasteiger partial charge < -0.3 is 20.1 Å². The molecule has 5 heteroatoms. The molecule has 0 fully saturated rings. The Hall–Kier alpha value is -2.69. The summed E-state index contributed by atoms with van der Waals surface area (Å²) in [6.45, 7) is 5.52. The van der Waals surface area contributed by atoms with Gasteiger partial charge in [0.2, 0.25) is 5.91 Å². The number of amides is 1. The van der Waals surface area contributed by atoms with Gasteiger partial charge in [0.1, 0.15) is 11.5 Å². The fourth-order valence-electron chi connectivity index (χ4n) is 2.18. The van der Waals surface area contributed by atoms with Crippen molar-refractivity contribution in [1.82, 2.24) is 5.32 Å². The number of anilines is 1. The predicted molar refractivity (Wildman–Crippen MR) is 100 cm³/mol. The minimum atomic E-state index is -0.0746. The van der Waals surface area contributed by atoms with E-state index in [4.69, 9.17) is 9.47 Å². The van der Waals surface area contributed by atoms with E-state index in [0.717, 1.165) is 22.7 Å². The summed E-state index contributed by atoms with van der Waals surface area (Å²) in [6.07, 6.45) is 0. The number of carbonyl (C=O) groups excluding carboxylic acids is 1. The summed E-state index contributed by atoms with van der Waals surface area (Å²) in [5, 5.41) is 6.03. The molecule has 0 spiro atoms. The van der Waals surface area contributed by atoms with Crippen molar-refractivity contribution >= 4 is 11.6 Å². The number of hydrogen-bond acceptors (Lipinski definition) is 4. The van der Waals surface area contributed by atoms with E-state index in [1.54, 1.807) is 7.11 Å². The molecule has 0 unspecified atom stereocenters. The van der Waals surface area contributed by atoms with Gasteiger partial charge in [-0.1, -0.05) is 38.1 Å². The number of nitrogens with one attached hydrogen (secondary N) is 2. The van der Waals surface area contributed by atoms with Crippen LogP contribution in [-0.4, -0.2) is 26.2 Å². The first-order valence-corrected chi connectivity index (χ1v) is 8.44. The second kappa shape index (κ2) is 9.57. The van der Waals surface area contributed by atoms with Crippen molar-refractivity contribution < 1.29 is 14.3 Å². The Morgan fingerprint density at radius 1 is 1.08 bits per heavy atom. The number of ether oxygens (including phenoxy) is 2.